The van der Waals surface area contributed by atoms with Crippen LogP contribution in [0, 0.1) is 0 Å². The quantitative estimate of drug-likeness (QED) is 0.832. The lowest BCUT2D eigenvalue weighted by Crippen LogP contribution is -2.04. The first-order valence-electron chi connectivity index (χ1n) is 7.30. The van der Waals surface area contributed by atoms with Crippen LogP contribution in [0.4, 0.5) is 0 Å². The SMILES string of the molecule is COc1cc2c(cc1OC)C(Cc1ccccc1)=CCC2. The van der Waals surface area contributed by atoms with E-state index in [9.17, 15) is 0 Å². The average molecular weight is 280 g/mol. The zero-order valence-corrected chi connectivity index (χ0v) is 12.6. The number of ether oxygens (including phenoxy) is 2. The van der Waals surface area contributed by atoms with Crippen molar-refractivity contribution in [2.45, 2.75) is 19.3 Å². The first kappa shape index (κ1) is 13.7. The first-order chi connectivity index (χ1) is 10.3. The molecule has 0 radical (unpaired) electrons. The fourth-order valence-electron chi connectivity index (χ4n) is 2.92. The van der Waals surface area contributed by atoms with Gasteiger partial charge in [0.1, 0.15) is 0 Å². The molecule has 2 aromatic carbocycles. The first-order valence-corrected chi connectivity index (χ1v) is 7.30. The highest BCUT2D eigenvalue weighted by atomic mass is 16.5. The Balaban J connectivity index is 1.97. The number of benzene rings is 2. The molecule has 0 atom stereocenters. The summed E-state index contributed by atoms with van der Waals surface area (Å²) in [6.07, 6.45) is 5.46. The zero-order chi connectivity index (χ0) is 14.7. The minimum absolute atomic E-state index is 0.803. The summed E-state index contributed by atoms with van der Waals surface area (Å²) in [5.74, 6) is 1.62. The highest BCUT2D eigenvalue weighted by molar-refractivity contribution is 5.74. The van der Waals surface area contributed by atoms with Gasteiger partial charge in [0.2, 0.25) is 0 Å². The van der Waals surface area contributed by atoms with E-state index in [0.717, 1.165) is 30.8 Å². The number of hydrogen-bond donors (Lipinski definition) is 0. The minimum atomic E-state index is 0.803. The van der Waals surface area contributed by atoms with Gasteiger partial charge in [-0.15, -0.1) is 0 Å². The van der Waals surface area contributed by atoms with Crippen molar-refractivity contribution in [2.24, 2.45) is 0 Å². The van der Waals surface area contributed by atoms with Crippen LogP contribution in [0.2, 0.25) is 0 Å². The molecular weight excluding hydrogens is 260 g/mol. The summed E-state index contributed by atoms with van der Waals surface area (Å²) in [6, 6.07) is 14.8. The van der Waals surface area contributed by atoms with Crippen LogP contribution >= 0.6 is 0 Å². The predicted octanol–water partition coefficient (Wildman–Crippen LogP) is 4.28. The fraction of sp³-hybridized carbons (Fsp3) is 0.263. The Morgan fingerprint density at radius 1 is 0.952 bits per heavy atom. The maximum absolute atomic E-state index is 5.45. The van der Waals surface area contributed by atoms with Gasteiger partial charge < -0.3 is 9.47 Å². The van der Waals surface area contributed by atoms with E-state index >= 15 is 0 Å². The van der Waals surface area contributed by atoms with E-state index in [0.29, 0.717) is 0 Å². The second-order valence-corrected chi connectivity index (χ2v) is 5.29. The Labute approximate surface area is 126 Å². The van der Waals surface area contributed by atoms with Crippen molar-refractivity contribution in [1.29, 1.82) is 0 Å². The lowest BCUT2D eigenvalue weighted by atomic mass is 9.87. The third-order valence-corrected chi connectivity index (χ3v) is 4.00. The van der Waals surface area contributed by atoms with Crippen molar-refractivity contribution < 1.29 is 9.47 Å². The van der Waals surface area contributed by atoms with Gasteiger partial charge in [0.25, 0.3) is 0 Å². The molecule has 0 aromatic heterocycles. The molecule has 0 spiro atoms. The van der Waals surface area contributed by atoms with Gasteiger partial charge in [-0.1, -0.05) is 36.4 Å². The van der Waals surface area contributed by atoms with Crippen LogP contribution in [0.25, 0.3) is 5.57 Å². The van der Waals surface area contributed by atoms with E-state index in [1.807, 2.05) is 0 Å². The molecule has 2 heteroatoms. The van der Waals surface area contributed by atoms with Gasteiger partial charge >= 0.3 is 0 Å². The van der Waals surface area contributed by atoms with Crippen molar-refractivity contribution in [3.05, 3.63) is 65.2 Å². The van der Waals surface area contributed by atoms with E-state index in [1.165, 1.54) is 22.3 Å². The Kier molecular flexibility index (Phi) is 3.96. The van der Waals surface area contributed by atoms with Crippen LogP contribution in [0.15, 0.2) is 48.5 Å². The van der Waals surface area contributed by atoms with E-state index in [-0.39, 0.29) is 0 Å². The molecule has 0 N–H and O–H groups in total. The Morgan fingerprint density at radius 3 is 2.38 bits per heavy atom. The number of aryl methyl sites for hydroxylation is 1. The van der Waals surface area contributed by atoms with Crippen LogP contribution < -0.4 is 9.47 Å². The molecule has 0 aliphatic heterocycles. The second-order valence-electron chi connectivity index (χ2n) is 5.29. The van der Waals surface area contributed by atoms with Crippen molar-refractivity contribution in [2.75, 3.05) is 14.2 Å². The highest BCUT2D eigenvalue weighted by Gasteiger charge is 2.17. The molecule has 0 fully saturated rings. The number of rotatable bonds is 4. The summed E-state index contributed by atoms with van der Waals surface area (Å²) in [6.45, 7) is 0. The summed E-state index contributed by atoms with van der Waals surface area (Å²) in [4.78, 5) is 0. The summed E-state index contributed by atoms with van der Waals surface area (Å²) in [5.41, 5.74) is 5.36. The van der Waals surface area contributed by atoms with Gasteiger partial charge in [0.15, 0.2) is 11.5 Å². The Hall–Kier alpha value is -2.22. The molecule has 1 aliphatic rings. The van der Waals surface area contributed by atoms with Gasteiger partial charge in [-0.3, -0.25) is 0 Å². The molecule has 2 aromatic rings. The molecular formula is C19H20O2. The van der Waals surface area contributed by atoms with Crippen LogP contribution in [-0.4, -0.2) is 14.2 Å². The summed E-state index contributed by atoms with van der Waals surface area (Å²) >= 11 is 0. The van der Waals surface area contributed by atoms with Gasteiger partial charge in [0, 0.05) is 0 Å². The molecule has 0 saturated carbocycles. The summed E-state index contributed by atoms with van der Waals surface area (Å²) in [7, 11) is 3.38. The van der Waals surface area contributed by atoms with Crippen molar-refractivity contribution in [3.8, 4) is 11.5 Å². The monoisotopic (exact) mass is 280 g/mol. The largest absolute Gasteiger partial charge is 0.493 e. The minimum Gasteiger partial charge on any atom is -0.493 e. The van der Waals surface area contributed by atoms with E-state index in [1.54, 1.807) is 14.2 Å². The molecule has 2 nitrogen and oxygen atoms in total. The average Bonchev–Trinajstić information content (AvgIpc) is 2.55. The number of methoxy groups -OCH3 is 2. The lowest BCUT2D eigenvalue weighted by molar-refractivity contribution is 0.354. The molecule has 21 heavy (non-hydrogen) atoms. The van der Waals surface area contributed by atoms with Gasteiger partial charge in [-0.25, -0.2) is 0 Å². The summed E-state index contributed by atoms with van der Waals surface area (Å²) < 4.78 is 10.9. The van der Waals surface area contributed by atoms with E-state index in [4.69, 9.17) is 9.47 Å². The maximum Gasteiger partial charge on any atom is 0.161 e. The number of hydrogen-bond acceptors (Lipinski definition) is 2. The van der Waals surface area contributed by atoms with Crippen molar-refractivity contribution in [3.63, 3.8) is 0 Å². The predicted molar refractivity (Wildman–Crippen MR) is 86.0 cm³/mol. The molecule has 3 rings (SSSR count). The third kappa shape index (κ3) is 2.80. The maximum atomic E-state index is 5.45. The highest BCUT2D eigenvalue weighted by Crippen LogP contribution is 2.37. The zero-order valence-electron chi connectivity index (χ0n) is 12.6. The smallest absolute Gasteiger partial charge is 0.161 e. The normalized spacial score (nSPS) is 13.3. The van der Waals surface area contributed by atoms with Crippen molar-refractivity contribution >= 4 is 5.57 Å². The topological polar surface area (TPSA) is 18.5 Å². The Bertz CT molecular complexity index is 657. The molecule has 0 unspecified atom stereocenters. The molecule has 108 valence electrons. The lowest BCUT2D eigenvalue weighted by Gasteiger charge is -2.20. The molecule has 0 heterocycles. The standard InChI is InChI=1S/C19H20O2/c1-20-18-12-16-10-6-9-15(17(16)13-19(18)21-2)11-14-7-4-3-5-8-14/h3-5,7-9,12-13H,6,10-11H2,1-2H3. The van der Waals surface area contributed by atoms with Gasteiger partial charge in [0.05, 0.1) is 14.2 Å². The van der Waals surface area contributed by atoms with Crippen LogP contribution in [-0.2, 0) is 12.8 Å². The van der Waals surface area contributed by atoms with Crippen LogP contribution in [0.5, 0.6) is 11.5 Å². The second kappa shape index (κ2) is 6.04. The molecule has 0 saturated heterocycles. The molecule has 1 aliphatic carbocycles. The van der Waals surface area contributed by atoms with Gasteiger partial charge in [-0.05, 0) is 53.7 Å². The number of allylic oxidation sites excluding steroid dienone is 2. The third-order valence-electron chi connectivity index (χ3n) is 4.00. The fourth-order valence-corrected chi connectivity index (χ4v) is 2.92. The Morgan fingerprint density at radius 2 is 1.67 bits per heavy atom. The molecule has 0 bridgehead atoms. The van der Waals surface area contributed by atoms with Crippen LogP contribution in [0.3, 0.4) is 0 Å². The van der Waals surface area contributed by atoms with Crippen molar-refractivity contribution in [1.82, 2.24) is 0 Å². The van der Waals surface area contributed by atoms with Crippen LogP contribution in [0.1, 0.15) is 23.1 Å². The van der Waals surface area contributed by atoms with Gasteiger partial charge in [-0.2, -0.15) is 0 Å². The van der Waals surface area contributed by atoms with E-state index in [2.05, 4.69) is 48.5 Å². The van der Waals surface area contributed by atoms with E-state index < -0.39 is 0 Å². The number of fused-ring (bicyclic) bond motifs is 1. The summed E-state index contributed by atoms with van der Waals surface area (Å²) in [5, 5.41) is 0. The molecule has 0 amide bonds.